The van der Waals surface area contributed by atoms with E-state index in [1.165, 1.54) is 22.3 Å². The van der Waals surface area contributed by atoms with E-state index in [0.29, 0.717) is 31.5 Å². The normalized spacial score (nSPS) is 21.1. The number of ether oxygens (including phenoxy) is 1. The minimum atomic E-state index is -0.907. The lowest BCUT2D eigenvalue weighted by Crippen LogP contribution is -2.37. The van der Waals surface area contributed by atoms with Gasteiger partial charge in [0.2, 0.25) is 5.91 Å². The Hall–Kier alpha value is -3.61. The first-order chi connectivity index (χ1) is 17.0. The minimum Gasteiger partial charge on any atom is -0.478 e. The van der Waals surface area contributed by atoms with E-state index < -0.39 is 12.1 Å². The van der Waals surface area contributed by atoms with Gasteiger partial charge < -0.3 is 20.1 Å². The molecule has 2 aromatic rings. The topological polar surface area (TPSA) is 95.9 Å². The molecule has 0 bridgehead atoms. The maximum absolute atomic E-state index is 12.6. The van der Waals surface area contributed by atoms with Crippen molar-refractivity contribution in [2.75, 3.05) is 19.7 Å². The first-order valence-electron chi connectivity index (χ1n) is 12.3. The number of aliphatic carboxylic acids is 1. The van der Waals surface area contributed by atoms with Gasteiger partial charge in [-0.25, -0.2) is 9.59 Å². The Morgan fingerprint density at radius 2 is 1.69 bits per heavy atom. The zero-order valence-electron chi connectivity index (χ0n) is 19.6. The first kappa shape index (κ1) is 23.1. The fourth-order valence-electron chi connectivity index (χ4n) is 5.66. The van der Waals surface area contributed by atoms with E-state index in [1.807, 2.05) is 24.3 Å². The van der Waals surface area contributed by atoms with E-state index in [-0.39, 0.29) is 30.4 Å². The molecule has 182 valence electrons. The van der Waals surface area contributed by atoms with Gasteiger partial charge in [0.15, 0.2) is 0 Å². The van der Waals surface area contributed by atoms with Crippen LogP contribution in [0.4, 0.5) is 4.79 Å². The quantitative estimate of drug-likeness (QED) is 0.650. The molecular formula is C28H30N2O5. The van der Waals surface area contributed by atoms with Crippen molar-refractivity contribution in [2.24, 2.45) is 5.92 Å². The molecule has 35 heavy (non-hydrogen) atoms. The maximum atomic E-state index is 12.6. The van der Waals surface area contributed by atoms with Crippen LogP contribution < -0.4 is 5.32 Å². The molecule has 0 aromatic heterocycles. The number of nitrogens with one attached hydrogen (secondary N) is 1. The molecule has 1 fully saturated rings. The highest BCUT2D eigenvalue weighted by Gasteiger charge is 2.32. The number of nitrogens with zero attached hydrogens (tertiary/aromatic N) is 1. The summed E-state index contributed by atoms with van der Waals surface area (Å²) in [6, 6.07) is 16.5. The van der Waals surface area contributed by atoms with E-state index in [1.54, 1.807) is 11.0 Å². The van der Waals surface area contributed by atoms with Gasteiger partial charge in [-0.05, 0) is 53.9 Å². The molecule has 1 heterocycles. The fourth-order valence-corrected chi connectivity index (χ4v) is 5.66. The van der Waals surface area contributed by atoms with Crippen molar-refractivity contribution in [1.29, 1.82) is 0 Å². The highest BCUT2D eigenvalue weighted by atomic mass is 16.5. The van der Waals surface area contributed by atoms with Crippen LogP contribution in [0.15, 0.2) is 60.2 Å². The Bertz CT molecular complexity index is 1130. The van der Waals surface area contributed by atoms with Gasteiger partial charge in [-0.2, -0.15) is 0 Å². The van der Waals surface area contributed by atoms with Crippen molar-refractivity contribution < 1.29 is 24.2 Å². The number of carboxylic acids is 1. The van der Waals surface area contributed by atoms with E-state index in [2.05, 4.69) is 29.6 Å². The second kappa shape index (κ2) is 9.94. The molecule has 2 N–H and O–H groups in total. The molecule has 1 aliphatic heterocycles. The lowest BCUT2D eigenvalue weighted by molar-refractivity contribution is -0.135. The smallest absolute Gasteiger partial charge is 0.407 e. The molecule has 3 aliphatic rings. The third kappa shape index (κ3) is 4.94. The van der Waals surface area contributed by atoms with Crippen molar-refractivity contribution in [3.63, 3.8) is 0 Å². The second-order valence-electron chi connectivity index (χ2n) is 9.67. The van der Waals surface area contributed by atoms with E-state index in [4.69, 9.17) is 9.84 Å². The summed E-state index contributed by atoms with van der Waals surface area (Å²) < 4.78 is 5.66. The van der Waals surface area contributed by atoms with Crippen LogP contribution in [0.1, 0.15) is 49.1 Å². The van der Waals surface area contributed by atoms with E-state index in [0.717, 1.165) is 19.3 Å². The third-order valence-corrected chi connectivity index (χ3v) is 7.51. The molecule has 5 rings (SSSR count). The summed E-state index contributed by atoms with van der Waals surface area (Å²) in [5.74, 6) is -0.610. The number of carbonyl (C=O) groups is 3. The number of fused-ring (bicyclic) bond motifs is 3. The van der Waals surface area contributed by atoms with Crippen LogP contribution in [0.2, 0.25) is 0 Å². The summed E-state index contributed by atoms with van der Waals surface area (Å²) >= 11 is 0. The molecule has 1 saturated carbocycles. The maximum Gasteiger partial charge on any atom is 0.407 e. The Kier molecular flexibility index (Phi) is 6.57. The molecule has 0 unspecified atom stereocenters. The second-order valence-corrected chi connectivity index (χ2v) is 9.67. The number of hydrogen-bond donors (Lipinski definition) is 2. The molecule has 0 radical (unpaired) electrons. The number of alkyl carbamates (subject to hydrolysis) is 1. The molecule has 2 aliphatic carbocycles. The van der Waals surface area contributed by atoms with Crippen LogP contribution in [-0.2, 0) is 14.3 Å². The van der Waals surface area contributed by atoms with Gasteiger partial charge in [0.05, 0.1) is 0 Å². The van der Waals surface area contributed by atoms with Crippen LogP contribution >= 0.6 is 0 Å². The van der Waals surface area contributed by atoms with Gasteiger partial charge in [0, 0.05) is 37.0 Å². The monoisotopic (exact) mass is 474 g/mol. The van der Waals surface area contributed by atoms with Crippen molar-refractivity contribution in [3.05, 3.63) is 71.3 Å². The first-order valence-corrected chi connectivity index (χ1v) is 12.3. The summed E-state index contributed by atoms with van der Waals surface area (Å²) in [6.45, 7) is 1.09. The van der Waals surface area contributed by atoms with Crippen LogP contribution in [0.25, 0.3) is 11.1 Å². The fraction of sp³-hybridized carbons (Fsp3) is 0.393. The number of rotatable bonds is 6. The van der Waals surface area contributed by atoms with Crippen LogP contribution in [0, 0.1) is 5.92 Å². The minimum absolute atomic E-state index is 0.00307. The molecule has 2 amide bonds. The largest absolute Gasteiger partial charge is 0.478 e. The predicted molar refractivity (Wildman–Crippen MR) is 131 cm³/mol. The summed E-state index contributed by atoms with van der Waals surface area (Å²) in [4.78, 5) is 38.0. The van der Waals surface area contributed by atoms with Gasteiger partial charge in [-0.1, -0.05) is 54.6 Å². The zero-order chi connectivity index (χ0) is 24.4. The molecule has 0 spiro atoms. The SMILES string of the molecule is O=C(N[C@H]1CC[C@@H](CC(=O)N2CC=C(C(=O)O)CC2)C1)OCC1c2ccccc2-c2ccccc21. The molecule has 0 saturated heterocycles. The summed E-state index contributed by atoms with van der Waals surface area (Å²) in [7, 11) is 0. The summed E-state index contributed by atoms with van der Waals surface area (Å²) in [5.41, 5.74) is 5.14. The van der Waals surface area contributed by atoms with Crippen molar-refractivity contribution in [3.8, 4) is 11.1 Å². The third-order valence-electron chi connectivity index (χ3n) is 7.51. The van der Waals surface area contributed by atoms with Gasteiger partial charge in [0.25, 0.3) is 0 Å². The Morgan fingerprint density at radius 1 is 1.00 bits per heavy atom. The van der Waals surface area contributed by atoms with Crippen molar-refractivity contribution in [2.45, 2.75) is 44.1 Å². The van der Waals surface area contributed by atoms with Crippen LogP contribution in [-0.4, -0.2) is 53.7 Å². The van der Waals surface area contributed by atoms with Crippen LogP contribution in [0.5, 0.6) is 0 Å². The van der Waals surface area contributed by atoms with E-state index >= 15 is 0 Å². The predicted octanol–water partition coefficient (Wildman–Crippen LogP) is 4.33. The highest BCUT2D eigenvalue weighted by Crippen LogP contribution is 2.44. The number of hydrogen-bond acceptors (Lipinski definition) is 4. The lowest BCUT2D eigenvalue weighted by Gasteiger charge is -2.26. The average molecular weight is 475 g/mol. The standard InChI is InChI=1S/C28H30N2O5/c31-26(30-13-11-19(12-14-30)27(32)33)16-18-9-10-20(15-18)29-28(34)35-17-25-23-7-3-1-5-21(23)22-6-2-4-8-24(22)25/h1-8,11,18,20,25H,9-10,12-17H2,(H,29,34)(H,32,33)/t18-,20+/m1/s1. The number of benzene rings is 2. The van der Waals surface area contributed by atoms with E-state index in [9.17, 15) is 14.4 Å². The van der Waals surface area contributed by atoms with Gasteiger partial charge in [-0.15, -0.1) is 0 Å². The average Bonchev–Trinajstić information content (AvgIpc) is 3.44. The molecule has 7 nitrogen and oxygen atoms in total. The Morgan fingerprint density at radius 3 is 2.31 bits per heavy atom. The molecule has 7 heteroatoms. The number of amides is 2. The summed E-state index contributed by atoms with van der Waals surface area (Å²) in [6.07, 6.45) is 4.48. The summed E-state index contributed by atoms with van der Waals surface area (Å²) in [5, 5.41) is 12.1. The zero-order valence-corrected chi connectivity index (χ0v) is 19.6. The van der Waals surface area contributed by atoms with Crippen molar-refractivity contribution in [1.82, 2.24) is 10.2 Å². The van der Waals surface area contributed by atoms with Crippen molar-refractivity contribution >= 4 is 18.0 Å². The lowest BCUT2D eigenvalue weighted by atomic mass is 9.98. The Labute approximate surface area is 204 Å². The Balaban J connectivity index is 1.09. The number of carbonyl (C=O) groups excluding carboxylic acids is 2. The van der Waals surface area contributed by atoms with Gasteiger partial charge in [0.1, 0.15) is 6.61 Å². The van der Waals surface area contributed by atoms with Gasteiger partial charge in [-0.3, -0.25) is 4.79 Å². The highest BCUT2D eigenvalue weighted by molar-refractivity contribution is 5.87. The number of carboxylic acid groups (broad SMARTS) is 1. The van der Waals surface area contributed by atoms with Crippen LogP contribution in [0.3, 0.4) is 0 Å². The molecule has 2 aromatic carbocycles. The molecule has 2 atom stereocenters. The molecular weight excluding hydrogens is 444 g/mol. The van der Waals surface area contributed by atoms with Gasteiger partial charge >= 0.3 is 12.1 Å².